The average molecular weight is 265 g/mol. The third-order valence-electron chi connectivity index (χ3n) is 4.50. The van der Waals surface area contributed by atoms with Gasteiger partial charge in [-0.2, -0.15) is 0 Å². The maximum absolute atomic E-state index is 6.04. The van der Waals surface area contributed by atoms with Crippen molar-refractivity contribution in [2.45, 2.75) is 51.1 Å². The van der Waals surface area contributed by atoms with Crippen LogP contribution in [0.4, 0.5) is 0 Å². The second kappa shape index (κ2) is 5.58. The molecule has 3 rings (SSSR count). The summed E-state index contributed by atoms with van der Waals surface area (Å²) in [6.45, 7) is 2.21. The van der Waals surface area contributed by atoms with Crippen LogP contribution in [0, 0.1) is 5.92 Å². The molecule has 0 amide bonds. The molecule has 1 saturated heterocycles. The topological polar surface area (TPSA) is 16.1 Å². The highest BCUT2D eigenvalue weighted by Gasteiger charge is 2.33. The van der Waals surface area contributed by atoms with Gasteiger partial charge in [-0.1, -0.05) is 24.4 Å². The van der Waals surface area contributed by atoms with E-state index < -0.39 is 0 Å². The van der Waals surface area contributed by atoms with Crippen molar-refractivity contribution in [1.82, 2.24) is 9.88 Å². The number of nitrogens with zero attached hydrogens (tertiary/aromatic N) is 2. The lowest BCUT2D eigenvalue weighted by molar-refractivity contribution is 0.181. The summed E-state index contributed by atoms with van der Waals surface area (Å²) in [5.41, 5.74) is 1.12. The van der Waals surface area contributed by atoms with Crippen LogP contribution >= 0.6 is 11.6 Å². The Morgan fingerprint density at radius 1 is 1.22 bits per heavy atom. The molecule has 0 spiro atoms. The Balaban J connectivity index is 1.67. The van der Waals surface area contributed by atoms with E-state index in [0.29, 0.717) is 0 Å². The highest BCUT2D eigenvalue weighted by molar-refractivity contribution is 6.30. The summed E-state index contributed by atoms with van der Waals surface area (Å²) < 4.78 is 0. The van der Waals surface area contributed by atoms with Crippen molar-refractivity contribution in [2.75, 3.05) is 6.54 Å². The Kier molecular flexibility index (Phi) is 3.86. The van der Waals surface area contributed by atoms with E-state index in [-0.39, 0.29) is 0 Å². The van der Waals surface area contributed by atoms with E-state index in [1.165, 1.54) is 45.1 Å². The van der Waals surface area contributed by atoms with E-state index in [4.69, 9.17) is 11.6 Å². The summed E-state index contributed by atoms with van der Waals surface area (Å²) >= 11 is 6.04. The summed E-state index contributed by atoms with van der Waals surface area (Å²) in [7, 11) is 0. The second-order valence-electron chi connectivity index (χ2n) is 5.69. The van der Waals surface area contributed by atoms with Gasteiger partial charge in [0, 0.05) is 23.8 Å². The van der Waals surface area contributed by atoms with Gasteiger partial charge in [-0.15, -0.1) is 0 Å². The van der Waals surface area contributed by atoms with Gasteiger partial charge in [0.05, 0.1) is 5.69 Å². The van der Waals surface area contributed by atoms with Crippen LogP contribution in [0.25, 0.3) is 0 Å². The zero-order valence-corrected chi connectivity index (χ0v) is 11.6. The molecule has 98 valence electrons. The predicted molar refractivity (Wildman–Crippen MR) is 74.6 cm³/mol. The monoisotopic (exact) mass is 264 g/mol. The molecule has 2 aliphatic rings. The van der Waals surface area contributed by atoms with Crippen LogP contribution in [-0.4, -0.2) is 22.5 Å². The van der Waals surface area contributed by atoms with Crippen molar-refractivity contribution in [2.24, 2.45) is 5.92 Å². The lowest BCUT2D eigenvalue weighted by Gasteiger charge is -2.29. The van der Waals surface area contributed by atoms with Crippen molar-refractivity contribution < 1.29 is 0 Å². The molecule has 0 radical (unpaired) electrons. The fraction of sp³-hybridized carbons (Fsp3) is 0.667. The minimum Gasteiger partial charge on any atom is -0.294 e. The molecule has 1 aliphatic carbocycles. The van der Waals surface area contributed by atoms with Crippen LogP contribution in [0.15, 0.2) is 18.3 Å². The van der Waals surface area contributed by atoms with E-state index in [1.807, 2.05) is 18.3 Å². The molecule has 1 aromatic heterocycles. The fourth-order valence-electron chi connectivity index (χ4n) is 3.67. The minimum absolute atomic E-state index is 0.799. The highest BCUT2D eigenvalue weighted by atomic mass is 35.5. The zero-order chi connectivity index (χ0) is 12.4. The molecule has 2 nitrogen and oxygen atoms in total. The largest absolute Gasteiger partial charge is 0.294 e. The predicted octanol–water partition coefficient (Wildman–Crippen LogP) is 3.89. The normalized spacial score (nSPS) is 25.9. The summed E-state index contributed by atoms with van der Waals surface area (Å²) in [5.74, 6) is 0.937. The maximum atomic E-state index is 6.04. The lowest BCUT2D eigenvalue weighted by Crippen LogP contribution is -2.34. The van der Waals surface area contributed by atoms with E-state index in [2.05, 4.69) is 9.88 Å². The number of aromatic nitrogens is 1. The van der Waals surface area contributed by atoms with Gasteiger partial charge in [-0.3, -0.25) is 9.88 Å². The Labute approximate surface area is 114 Å². The number of likely N-dealkylation sites (tertiary alicyclic amines) is 1. The summed E-state index contributed by atoms with van der Waals surface area (Å²) in [6.07, 6.45) is 10.3. The summed E-state index contributed by atoms with van der Waals surface area (Å²) in [5, 5.41) is 0.802. The zero-order valence-electron chi connectivity index (χ0n) is 10.8. The Bertz CT molecular complexity index is 401. The lowest BCUT2D eigenvalue weighted by atomic mass is 9.96. The van der Waals surface area contributed by atoms with Gasteiger partial charge < -0.3 is 0 Å². The van der Waals surface area contributed by atoms with Crippen molar-refractivity contribution in [1.29, 1.82) is 0 Å². The van der Waals surface area contributed by atoms with Gasteiger partial charge in [-0.25, -0.2) is 0 Å². The van der Waals surface area contributed by atoms with E-state index in [1.54, 1.807) is 0 Å². The maximum Gasteiger partial charge on any atom is 0.0558 e. The first-order chi connectivity index (χ1) is 8.83. The third kappa shape index (κ3) is 2.70. The fourth-order valence-corrected chi connectivity index (χ4v) is 3.85. The average Bonchev–Trinajstić information content (AvgIpc) is 2.98. The van der Waals surface area contributed by atoms with Gasteiger partial charge in [0.25, 0.3) is 0 Å². The molecule has 2 heterocycles. The molecule has 2 fully saturated rings. The summed E-state index contributed by atoms with van der Waals surface area (Å²) in [6, 6.07) is 4.66. The quantitative estimate of drug-likeness (QED) is 0.823. The van der Waals surface area contributed by atoms with Gasteiger partial charge in [0.2, 0.25) is 0 Å². The van der Waals surface area contributed by atoms with Crippen molar-refractivity contribution >= 4 is 11.6 Å². The summed E-state index contributed by atoms with van der Waals surface area (Å²) in [4.78, 5) is 7.07. The minimum atomic E-state index is 0.799. The third-order valence-corrected chi connectivity index (χ3v) is 4.74. The van der Waals surface area contributed by atoms with E-state index in [9.17, 15) is 0 Å². The van der Waals surface area contributed by atoms with E-state index in [0.717, 1.165) is 29.2 Å². The Morgan fingerprint density at radius 2 is 2.06 bits per heavy atom. The highest BCUT2D eigenvalue weighted by Crippen LogP contribution is 2.35. The molecule has 1 aliphatic heterocycles. The number of hydrogen-bond donors (Lipinski definition) is 0. The number of rotatable bonds is 3. The Hall–Kier alpha value is -0.600. The van der Waals surface area contributed by atoms with Gasteiger partial charge in [-0.05, 0) is 50.3 Å². The molecule has 0 N–H and O–H groups in total. The molecule has 1 atom stereocenters. The molecule has 0 bridgehead atoms. The van der Waals surface area contributed by atoms with Crippen molar-refractivity contribution in [3.63, 3.8) is 0 Å². The van der Waals surface area contributed by atoms with Gasteiger partial charge in [0.1, 0.15) is 0 Å². The van der Waals surface area contributed by atoms with Gasteiger partial charge in [0.15, 0.2) is 0 Å². The molecular weight excluding hydrogens is 244 g/mol. The molecule has 1 aromatic rings. The number of hydrogen-bond acceptors (Lipinski definition) is 2. The first kappa shape index (κ1) is 12.4. The van der Waals surface area contributed by atoms with Crippen LogP contribution in [0.1, 0.15) is 44.2 Å². The SMILES string of the molecule is Clc1ccnc(CN2CCCC2C2CCCC2)c1. The first-order valence-corrected chi connectivity index (χ1v) is 7.55. The second-order valence-corrected chi connectivity index (χ2v) is 6.13. The molecule has 1 unspecified atom stereocenters. The van der Waals surface area contributed by atoms with Crippen molar-refractivity contribution in [3.8, 4) is 0 Å². The van der Waals surface area contributed by atoms with Crippen LogP contribution in [0.3, 0.4) is 0 Å². The molecular formula is C15H21ClN2. The number of halogens is 1. The molecule has 3 heteroatoms. The van der Waals surface area contributed by atoms with Crippen LogP contribution in [-0.2, 0) is 6.54 Å². The number of pyridine rings is 1. The van der Waals surface area contributed by atoms with E-state index >= 15 is 0 Å². The smallest absolute Gasteiger partial charge is 0.0558 e. The molecule has 18 heavy (non-hydrogen) atoms. The Morgan fingerprint density at radius 3 is 2.83 bits per heavy atom. The van der Waals surface area contributed by atoms with Crippen LogP contribution < -0.4 is 0 Å². The first-order valence-electron chi connectivity index (χ1n) is 7.17. The van der Waals surface area contributed by atoms with Crippen LogP contribution in [0.5, 0.6) is 0 Å². The standard InChI is InChI=1S/C15H21ClN2/c16-13-7-8-17-14(10-13)11-18-9-3-6-15(18)12-4-1-2-5-12/h7-8,10,12,15H,1-6,9,11H2. The molecule has 0 aromatic carbocycles. The van der Waals surface area contributed by atoms with Crippen molar-refractivity contribution in [3.05, 3.63) is 29.0 Å². The van der Waals surface area contributed by atoms with Gasteiger partial charge >= 0.3 is 0 Å². The van der Waals surface area contributed by atoms with Crippen LogP contribution in [0.2, 0.25) is 5.02 Å². The molecule has 1 saturated carbocycles.